The van der Waals surface area contributed by atoms with Crippen molar-refractivity contribution in [2.75, 3.05) is 11.4 Å². The number of rotatable bonds is 9. The summed E-state index contributed by atoms with van der Waals surface area (Å²) in [5, 5.41) is 4.67. The molecule has 0 aliphatic heterocycles. The van der Waals surface area contributed by atoms with Crippen LogP contribution < -0.4 is 10.2 Å². The number of fused-ring (bicyclic) bond motifs is 1. The van der Waals surface area contributed by atoms with Gasteiger partial charge >= 0.3 is 0 Å². The summed E-state index contributed by atoms with van der Waals surface area (Å²) in [6.07, 6.45) is 4.19. The first-order valence-electron chi connectivity index (χ1n) is 11.7. The number of aromatic nitrogens is 2. The molecule has 2 aromatic heterocycles. The number of carbonyl (C=O) groups is 1. The number of furan rings is 1. The summed E-state index contributed by atoms with van der Waals surface area (Å²) in [7, 11) is 0. The molecule has 5 rings (SSSR count). The van der Waals surface area contributed by atoms with Crippen molar-refractivity contribution in [1.29, 1.82) is 0 Å². The van der Waals surface area contributed by atoms with E-state index in [1.54, 1.807) is 6.26 Å². The van der Waals surface area contributed by atoms with Gasteiger partial charge in [0.2, 0.25) is 5.91 Å². The summed E-state index contributed by atoms with van der Waals surface area (Å²) in [6, 6.07) is 19.4. The lowest BCUT2D eigenvalue weighted by molar-refractivity contribution is -0.121. The van der Waals surface area contributed by atoms with Gasteiger partial charge in [-0.05, 0) is 55.7 Å². The SMILES string of the molecule is C[C@@H](NC(=O)CCN(Cc1ccco1)c1nc(C2CC2)nc2cc(Cl)ccc12)c1ccccc1. The lowest BCUT2D eigenvalue weighted by Crippen LogP contribution is -2.32. The number of hydrogen-bond acceptors (Lipinski definition) is 5. The van der Waals surface area contributed by atoms with Crippen LogP contribution in [0.2, 0.25) is 5.02 Å². The first-order chi connectivity index (χ1) is 16.6. The summed E-state index contributed by atoms with van der Waals surface area (Å²) in [4.78, 5) is 24.7. The Morgan fingerprint density at radius 3 is 2.71 bits per heavy atom. The lowest BCUT2D eigenvalue weighted by atomic mass is 10.1. The van der Waals surface area contributed by atoms with Crippen LogP contribution in [0.25, 0.3) is 10.9 Å². The maximum atomic E-state index is 12.8. The Bertz CT molecular complexity index is 1270. The quantitative estimate of drug-likeness (QED) is 0.321. The van der Waals surface area contributed by atoms with Crippen LogP contribution in [-0.4, -0.2) is 22.4 Å². The van der Waals surface area contributed by atoms with Gasteiger partial charge in [-0.2, -0.15) is 0 Å². The van der Waals surface area contributed by atoms with Crippen LogP contribution in [0.3, 0.4) is 0 Å². The second kappa shape index (κ2) is 9.85. The topological polar surface area (TPSA) is 71.3 Å². The minimum atomic E-state index is -0.0595. The van der Waals surface area contributed by atoms with Crippen LogP contribution in [0.1, 0.15) is 55.3 Å². The third kappa shape index (κ3) is 5.23. The average Bonchev–Trinajstić information content (AvgIpc) is 3.57. The minimum absolute atomic E-state index is 0.00961. The van der Waals surface area contributed by atoms with Crippen LogP contribution >= 0.6 is 11.6 Å². The summed E-state index contributed by atoms with van der Waals surface area (Å²) in [5.41, 5.74) is 1.90. The molecular weight excluding hydrogens is 448 g/mol. The molecule has 7 heteroatoms. The molecule has 0 radical (unpaired) electrons. The van der Waals surface area contributed by atoms with Gasteiger partial charge in [-0.1, -0.05) is 41.9 Å². The van der Waals surface area contributed by atoms with Gasteiger partial charge in [0.05, 0.1) is 24.4 Å². The highest BCUT2D eigenvalue weighted by atomic mass is 35.5. The van der Waals surface area contributed by atoms with E-state index >= 15 is 0 Å². The van der Waals surface area contributed by atoms with Gasteiger partial charge in [-0.25, -0.2) is 9.97 Å². The Hall–Kier alpha value is -3.38. The van der Waals surface area contributed by atoms with Gasteiger partial charge in [0.25, 0.3) is 0 Å². The Morgan fingerprint density at radius 1 is 1.15 bits per heavy atom. The highest BCUT2D eigenvalue weighted by Crippen LogP contribution is 2.40. The normalized spacial score (nSPS) is 14.2. The standard InChI is InChI=1S/C27H27ClN4O2/c1-18(19-6-3-2-4-7-19)29-25(33)13-14-32(17-22-8-5-15-34-22)27-23-12-11-21(28)16-24(23)30-26(31-27)20-9-10-20/h2-8,11-12,15-16,18,20H,9-10,13-14,17H2,1H3,(H,29,33)/t18-/m1/s1. The van der Waals surface area contributed by atoms with E-state index in [0.29, 0.717) is 30.5 Å². The van der Waals surface area contributed by atoms with Crippen LogP contribution in [0.4, 0.5) is 5.82 Å². The van der Waals surface area contributed by atoms with Crippen LogP contribution in [0.15, 0.2) is 71.3 Å². The maximum Gasteiger partial charge on any atom is 0.222 e. The zero-order chi connectivity index (χ0) is 23.5. The molecule has 1 amide bonds. The fraction of sp³-hybridized carbons (Fsp3) is 0.296. The zero-order valence-corrected chi connectivity index (χ0v) is 19.8. The third-order valence-electron chi connectivity index (χ3n) is 6.11. The molecule has 1 N–H and O–H groups in total. The number of benzene rings is 2. The number of hydrogen-bond donors (Lipinski definition) is 1. The number of nitrogens with one attached hydrogen (secondary N) is 1. The summed E-state index contributed by atoms with van der Waals surface area (Å²) < 4.78 is 5.63. The van der Waals surface area contributed by atoms with Crippen molar-refractivity contribution in [3.8, 4) is 0 Å². The number of anilines is 1. The van der Waals surface area contributed by atoms with Crippen molar-refractivity contribution in [3.05, 3.63) is 89.1 Å². The van der Waals surface area contributed by atoms with Gasteiger partial charge in [0.15, 0.2) is 0 Å². The van der Waals surface area contributed by atoms with Crippen molar-refractivity contribution < 1.29 is 9.21 Å². The second-order valence-electron chi connectivity index (χ2n) is 8.79. The van der Waals surface area contributed by atoms with Gasteiger partial charge < -0.3 is 14.6 Å². The predicted molar refractivity (Wildman–Crippen MR) is 134 cm³/mol. The third-order valence-corrected chi connectivity index (χ3v) is 6.35. The van der Waals surface area contributed by atoms with Crippen LogP contribution in [0, 0.1) is 0 Å². The Labute approximate surface area is 204 Å². The molecule has 1 aliphatic carbocycles. The zero-order valence-electron chi connectivity index (χ0n) is 19.1. The molecule has 1 aliphatic rings. The van der Waals surface area contributed by atoms with Gasteiger partial charge in [-0.3, -0.25) is 4.79 Å². The summed E-state index contributed by atoms with van der Waals surface area (Å²) in [5.74, 6) is 2.85. The first kappa shape index (κ1) is 22.4. The van der Waals surface area contributed by atoms with Crippen molar-refractivity contribution >= 4 is 34.2 Å². The first-order valence-corrected chi connectivity index (χ1v) is 12.0. The van der Waals surface area contributed by atoms with Crippen molar-refractivity contribution in [2.24, 2.45) is 0 Å². The largest absolute Gasteiger partial charge is 0.467 e. The van der Waals surface area contributed by atoms with Crippen molar-refractivity contribution in [2.45, 2.75) is 44.7 Å². The van der Waals surface area contributed by atoms with E-state index in [1.807, 2.05) is 67.6 Å². The van der Waals surface area contributed by atoms with E-state index in [4.69, 9.17) is 26.0 Å². The maximum absolute atomic E-state index is 12.8. The molecule has 174 valence electrons. The molecule has 2 aromatic carbocycles. The number of carbonyl (C=O) groups excluding carboxylic acids is 1. The van der Waals surface area contributed by atoms with E-state index in [0.717, 1.165) is 46.7 Å². The Morgan fingerprint density at radius 2 is 1.97 bits per heavy atom. The predicted octanol–water partition coefficient (Wildman–Crippen LogP) is 6.03. The van der Waals surface area contributed by atoms with E-state index < -0.39 is 0 Å². The molecule has 1 atom stereocenters. The van der Waals surface area contributed by atoms with Crippen LogP contribution in [-0.2, 0) is 11.3 Å². The molecule has 6 nitrogen and oxygen atoms in total. The molecule has 1 fully saturated rings. The van der Waals surface area contributed by atoms with Gasteiger partial charge in [0.1, 0.15) is 17.4 Å². The fourth-order valence-corrected chi connectivity index (χ4v) is 4.26. The minimum Gasteiger partial charge on any atom is -0.467 e. The molecule has 4 aromatic rings. The van der Waals surface area contributed by atoms with E-state index in [1.165, 1.54) is 0 Å². The van der Waals surface area contributed by atoms with Crippen molar-refractivity contribution in [3.63, 3.8) is 0 Å². The van der Waals surface area contributed by atoms with E-state index in [2.05, 4.69) is 10.2 Å². The van der Waals surface area contributed by atoms with Crippen molar-refractivity contribution in [1.82, 2.24) is 15.3 Å². The van der Waals surface area contributed by atoms with Crippen LogP contribution in [0.5, 0.6) is 0 Å². The lowest BCUT2D eigenvalue weighted by Gasteiger charge is -2.25. The Balaban J connectivity index is 1.40. The summed E-state index contributed by atoms with van der Waals surface area (Å²) in [6.45, 7) is 3.00. The highest BCUT2D eigenvalue weighted by molar-refractivity contribution is 6.31. The van der Waals surface area contributed by atoms with E-state index in [-0.39, 0.29) is 11.9 Å². The number of amides is 1. The molecule has 0 unspecified atom stereocenters. The molecular formula is C27H27ClN4O2. The van der Waals surface area contributed by atoms with E-state index in [9.17, 15) is 4.79 Å². The second-order valence-corrected chi connectivity index (χ2v) is 9.23. The summed E-state index contributed by atoms with van der Waals surface area (Å²) >= 11 is 6.27. The number of halogens is 1. The molecule has 34 heavy (non-hydrogen) atoms. The smallest absolute Gasteiger partial charge is 0.222 e. The molecule has 0 spiro atoms. The molecule has 0 saturated heterocycles. The molecule has 1 saturated carbocycles. The van der Waals surface area contributed by atoms with Gasteiger partial charge in [0, 0.05) is 29.3 Å². The molecule has 0 bridgehead atoms. The molecule has 2 heterocycles. The highest BCUT2D eigenvalue weighted by Gasteiger charge is 2.29. The average molecular weight is 475 g/mol. The Kier molecular flexibility index (Phi) is 6.50. The monoisotopic (exact) mass is 474 g/mol. The fourth-order valence-electron chi connectivity index (χ4n) is 4.09. The number of nitrogens with zero attached hydrogens (tertiary/aromatic N) is 3. The van der Waals surface area contributed by atoms with Gasteiger partial charge in [-0.15, -0.1) is 0 Å².